The maximum absolute atomic E-state index is 13.5. The van der Waals surface area contributed by atoms with E-state index < -0.39 is 12.0 Å². The number of furan rings is 1. The second-order valence-corrected chi connectivity index (χ2v) is 9.58. The van der Waals surface area contributed by atoms with Crippen molar-refractivity contribution in [3.8, 4) is 0 Å². The van der Waals surface area contributed by atoms with Crippen LogP contribution in [-0.4, -0.2) is 43.4 Å². The molecule has 1 atom stereocenters. The van der Waals surface area contributed by atoms with Crippen molar-refractivity contribution in [3.05, 3.63) is 71.2 Å². The maximum Gasteiger partial charge on any atom is 0.338 e. The second kappa shape index (κ2) is 9.12. The molecule has 5 rings (SSSR count). The Morgan fingerprint density at radius 3 is 2.85 bits per heavy atom. The molecule has 1 fully saturated rings. The van der Waals surface area contributed by atoms with Gasteiger partial charge in [-0.15, -0.1) is 11.3 Å². The minimum atomic E-state index is -0.567. The summed E-state index contributed by atoms with van der Waals surface area (Å²) in [4.78, 5) is 34.4. The summed E-state index contributed by atoms with van der Waals surface area (Å²) in [6.45, 7) is 6.67. The van der Waals surface area contributed by atoms with Gasteiger partial charge in [0, 0.05) is 30.1 Å². The summed E-state index contributed by atoms with van der Waals surface area (Å²) in [6, 6.07) is 7.03. The van der Waals surface area contributed by atoms with Crippen molar-refractivity contribution in [1.82, 2.24) is 4.57 Å². The maximum atomic E-state index is 13.5. The van der Waals surface area contributed by atoms with Gasteiger partial charge in [0.15, 0.2) is 10.7 Å². The summed E-state index contributed by atoms with van der Waals surface area (Å²) in [6.07, 6.45) is 1.74. The topological polar surface area (TPSA) is 86.3 Å². The van der Waals surface area contributed by atoms with Gasteiger partial charge in [-0.25, -0.2) is 9.79 Å². The Kier molecular flexibility index (Phi) is 6.05. The number of carbonyl (C=O) groups is 1. The smallest absolute Gasteiger partial charge is 0.338 e. The van der Waals surface area contributed by atoms with Gasteiger partial charge < -0.3 is 18.8 Å². The van der Waals surface area contributed by atoms with Gasteiger partial charge in [-0.2, -0.15) is 0 Å². The zero-order chi connectivity index (χ0) is 22.9. The average Bonchev–Trinajstić information content (AvgIpc) is 3.56. The molecule has 8 nitrogen and oxygen atoms in total. The molecule has 0 aromatic carbocycles. The van der Waals surface area contributed by atoms with E-state index in [2.05, 4.69) is 9.89 Å². The van der Waals surface area contributed by atoms with Crippen LogP contribution >= 0.6 is 22.7 Å². The quantitative estimate of drug-likeness (QED) is 0.516. The molecular weight excluding hydrogens is 462 g/mol. The van der Waals surface area contributed by atoms with Crippen LogP contribution in [0.5, 0.6) is 0 Å². The molecule has 3 aromatic heterocycles. The fraction of sp³-hybridized carbons (Fsp3) is 0.348. The Labute approximate surface area is 197 Å². The molecule has 0 radical (unpaired) electrons. The van der Waals surface area contributed by atoms with Crippen LogP contribution in [-0.2, 0) is 14.3 Å². The lowest BCUT2D eigenvalue weighted by atomic mass is 10.0. The van der Waals surface area contributed by atoms with Crippen molar-refractivity contribution in [1.29, 1.82) is 0 Å². The number of fused-ring (bicyclic) bond motifs is 1. The number of hydrogen-bond donors (Lipinski definition) is 0. The molecule has 1 saturated heterocycles. The van der Waals surface area contributed by atoms with Crippen molar-refractivity contribution >= 4 is 40.6 Å². The Hall–Kier alpha value is -2.95. The molecule has 0 unspecified atom stereocenters. The highest BCUT2D eigenvalue weighted by Crippen LogP contribution is 2.33. The number of carbonyl (C=O) groups excluding carboxylic acids is 1. The summed E-state index contributed by atoms with van der Waals surface area (Å²) < 4.78 is 18.8. The van der Waals surface area contributed by atoms with Crippen molar-refractivity contribution in [3.63, 3.8) is 0 Å². The van der Waals surface area contributed by atoms with Gasteiger partial charge >= 0.3 is 5.97 Å². The van der Waals surface area contributed by atoms with Crippen molar-refractivity contribution in [2.75, 3.05) is 37.8 Å². The van der Waals surface area contributed by atoms with Gasteiger partial charge in [-0.05, 0) is 31.4 Å². The number of morpholine rings is 1. The van der Waals surface area contributed by atoms with E-state index in [-0.39, 0.29) is 12.2 Å². The number of esters is 1. The third kappa shape index (κ3) is 4.09. The Balaban J connectivity index is 1.58. The van der Waals surface area contributed by atoms with Crippen LogP contribution < -0.4 is 19.8 Å². The molecule has 0 N–H and O–H groups in total. The molecule has 5 heterocycles. The third-order valence-electron chi connectivity index (χ3n) is 5.54. The molecule has 0 saturated carbocycles. The first-order valence-electron chi connectivity index (χ1n) is 10.7. The number of aromatic nitrogens is 1. The largest absolute Gasteiger partial charge is 0.463 e. The van der Waals surface area contributed by atoms with Gasteiger partial charge in [-0.1, -0.05) is 17.4 Å². The number of thiazole rings is 1. The molecule has 2 aliphatic rings. The van der Waals surface area contributed by atoms with Crippen LogP contribution in [0.4, 0.5) is 5.88 Å². The van der Waals surface area contributed by atoms with Crippen LogP contribution in [0.25, 0.3) is 6.08 Å². The highest BCUT2D eigenvalue weighted by molar-refractivity contribution is 7.10. The zero-order valence-electron chi connectivity index (χ0n) is 18.3. The van der Waals surface area contributed by atoms with Crippen LogP contribution in [0, 0.1) is 0 Å². The predicted octanol–water partition coefficient (Wildman–Crippen LogP) is 2.29. The van der Waals surface area contributed by atoms with Gasteiger partial charge in [0.2, 0.25) is 0 Å². The first kappa shape index (κ1) is 21.9. The molecule has 3 aromatic rings. The highest BCUT2D eigenvalue weighted by atomic mass is 32.1. The normalized spacial score (nSPS) is 18.9. The van der Waals surface area contributed by atoms with Crippen LogP contribution in [0.2, 0.25) is 0 Å². The van der Waals surface area contributed by atoms with E-state index in [0.29, 0.717) is 39.6 Å². The lowest BCUT2D eigenvalue weighted by Gasteiger charge is -2.26. The van der Waals surface area contributed by atoms with Gasteiger partial charge in [0.1, 0.15) is 11.8 Å². The van der Waals surface area contributed by atoms with E-state index in [9.17, 15) is 9.59 Å². The highest BCUT2D eigenvalue weighted by Gasteiger charge is 2.33. The Morgan fingerprint density at radius 2 is 2.12 bits per heavy atom. The first-order valence-corrected chi connectivity index (χ1v) is 12.4. The van der Waals surface area contributed by atoms with E-state index >= 15 is 0 Å². The summed E-state index contributed by atoms with van der Waals surface area (Å²) in [5.74, 6) is 0.901. The van der Waals surface area contributed by atoms with Gasteiger partial charge in [0.05, 0.1) is 35.6 Å². The monoisotopic (exact) mass is 485 g/mol. The average molecular weight is 486 g/mol. The standard InChI is InChI=1S/C23H23N3O5S2/c1-3-30-22(28)19-14(2)24-23-26(20(19)16-5-4-12-32-16)21(27)17(33-23)13-15-6-7-18(31-15)25-8-10-29-11-9-25/h4-7,12-13,20H,3,8-11H2,1-2H3/t20-/m1/s1. The molecule has 0 aliphatic carbocycles. The Morgan fingerprint density at radius 1 is 1.30 bits per heavy atom. The third-order valence-corrected chi connectivity index (χ3v) is 7.45. The van der Waals surface area contributed by atoms with Crippen LogP contribution in [0.3, 0.4) is 0 Å². The molecule has 172 valence electrons. The second-order valence-electron chi connectivity index (χ2n) is 7.59. The number of ether oxygens (including phenoxy) is 2. The van der Waals surface area contributed by atoms with Crippen molar-refractivity contribution in [2.24, 2.45) is 4.99 Å². The molecule has 0 spiro atoms. The van der Waals surface area contributed by atoms with E-state index in [0.717, 1.165) is 23.9 Å². The van der Waals surface area contributed by atoms with Gasteiger partial charge in [0.25, 0.3) is 5.56 Å². The van der Waals surface area contributed by atoms with Crippen molar-refractivity contribution < 1.29 is 18.7 Å². The zero-order valence-corrected chi connectivity index (χ0v) is 19.9. The number of thiophene rings is 1. The number of hydrogen-bond acceptors (Lipinski definition) is 9. The van der Waals surface area contributed by atoms with Crippen molar-refractivity contribution in [2.45, 2.75) is 19.9 Å². The first-order chi connectivity index (χ1) is 16.1. The summed E-state index contributed by atoms with van der Waals surface area (Å²) >= 11 is 2.78. The van der Waals surface area contributed by atoms with Crippen LogP contribution in [0.15, 0.2) is 55.1 Å². The minimum absolute atomic E-state index is 0.212. The molecule has 2 aliphatic heterocycles. The van der Waals surface area contributed by atoms with Crippen LogP contribution in [0.1, 0.15) is 30.5 Å². The summed E-state index contributed by atoms with van der Waals surface area (Å²) in [7, 11) is 0. The summed E-state index contributed by atoms with van der Waals surface area (Å²) in [5.41, 5.74) is 0.744. The SMILES string of the molecule is CCOC(=O)C1=C(C)N=c2sc(=Cc3ccc(N4CCOCC4)o3)c(=O)n2[C@@H]1c1cccs1. The number of nitrogens with zero attached hydrogens (tertiary/aromatic N) is 3. The van der Waals surface area contributed by atoms with E-state index in [1.807, 2.05) is 29.6 Å². The minimum Gasteiger partial charge on any atom is -0.463 e. The molecule has 33 heavy (non-hydrogen) atoms. The lowest BCUT2D eigenvalue weighted by molar-refractivity contribution is -0.139. The van der Waals surface area contributed by atoms with Gasteiger partial charge in [-0.3, -0.25) is 9.36 Å². The fourth-order valence-electron chi connectivity index (χ4n) is 4.01. The predicted molar refractivity (Wildman–Crippen MR) is 126 cm³/mol. The van der Waals surface area contributed by atoms with E-state index in [1.54, 1.807) is 24.5 Å². The molecule has 0 amide bonds. The molecular formula is C23H23N3O5S2. The van der Waals surface area contributed by atoms with E-state index in [4.69, 9.17) is 13.9 Å². The molecule has 0 bridgehead atoms. The lowest BCUT2D eigenvalue weighted by Crippen LogP contribution is -2.39. The number of allylic oxidation sites excluding steroid dienone is 1. The molecule has 10 heteroatoms. The Bertz CT molecular complexity index is 1370. The number of anilines is 1. The fourth-order valence-corrected chi connectivity index (χ4v) is 5.86. The van der Waals surface area contributed by atoms with E-state index in [1.165, 1.54) is 22.7 Å². The number of rotatable bonds is 5. The summed E-state index contributed by atoms with van der Waals surface area (Å²) in [5, 5.41) is 1.93.